The molecule has 5 saturated carbocycles. The van der Waals surface area contributed by atoms with Crippen LogP contribution in [0, 0.1) is 73.4 Å². The standard InChI is InChI=1S/C28H27F2N7O2S.2C25H23F2N7OS.C25H23F2N7S/c1-27(2)18-8-11-28(27,25-17(18)14-21(34-35-25)24-19(29)4-3-5-20(24)30)22-9-12-31-26(33-22)37-15-32-23(36-37)10-13-40(38,39)16-6-7-16;1-24(2)15-8-10-25(24,19-9-11-34(35)23(29-19)33-13-28-22(32-33)36(3)4)21-14(15)12-18(30-31-21)20-16(26)6-5-7-17(20)27;1-24(2)15-8-10-25(24,19-9-11-28-22(30-19)34-13-29-23(33-34)36(3,4)35)21-14(15)12-18(31-32-21)20-16(26)6-5-7-17(20)27;1-24(2)15-8-10-25(24,19-9-11-28-22(30-19)34-13-29-23(33-34)35(3)4)21-14(15)12-18(31-32-21)20-16(26)6-5-7-17(20)27/h3-5,9,12,14-16,18H,6-8,10-11,13H2,1-2H3;2*5-7,9,11-13,15H,3,8,10H2,1-2,4H3;5-7,9,11-13,15H,3,8,10H2,1-2,4H3/t18-,28-;2*15-,25-,36?;15-,25-,35?/m0000/s1. The molecule has 147 heavy (non-hydrogen) atoms. The Bertz CT molecular complexity index is 8350. The summed E-state index contributed by atoms with van der Waals surface area (Å²) in [7, 11) is -6.44. The summed E-state index contributed by atoms with van der Waals surface area (Å²) in [5.74, 6) is 8.24. The monoisotopic (exact) mass is 2070 g/mol. The number of halogens is 8. The van der Waals surface area contributed by atoms with Crippen LogP contribution in [0.4, 0.5) is 35.1 Å². The molecular weight excluding hydrogens is 1970 g/mol. The molecule has 9 aliphatic rings. The average Bonchev–Trinajstić information content (AvgIpc) is 1.52. The number of aryl methyl sites for hydroxylation is 1. The lowest BCUT2D eigenvalue weighted by atomic mass is 9.66. The molecule has 8 bridgehead atoms. The second kappa shape index (κ2) is 35.2. The number of rotatable bonds is 19. The Balaban J connectivity index is 0.000000111. The maximum atomic E-state index is 14.6. The molecule has 12 aromatic heterocycles. The second-order valence-electron chi connectivity index (χ2n) is 41.2. The van der Waals surface area contributed by atoms with E-state index in [9.17, 15) is 53.0 Å². The predicted octanol–water partition coefficient (Wildman–Crippen LogP) is 16.4. The van der Waals surface area contributed by atoms with E-state index in [0.717, 1.165) is 126 Å². The summed E-state index contributed by atoms with van der Waals surface area (Å²) >= 11 is 0. The molecule has 752 valence electrons. The van der Waals surface area contributed by atoms with E-state index < -0.39 is 98.0 Å². The van der Waals surface area contributed by atoms with Crippen molar-refractivity contribution in [3.63, 3.8) is 0 Å². The Morgan fingerprint density at radius 2 is 0.701 bits per heavy atom. The largest absolute Gasteiger partial charge is 0.740 e. The highest BCUT2D eigenvalue weighted by molar-refractivity contribution is 8.13. The fourth-order valence-electron chi connectivity index (χ4n) is 24.8. The zero-order valence-electron chi connectivity index (χ0n) is 81.5. The molecule has 44 heteroatoms. The molecule has 0 radical (unpaired) electrons. The van der Waals surface area contributed by atoms with Crippen LogP contribution in [0.5, 0.6) is 0 Å². The van der Waals surface area contributed by atoms with E-state index in [0.29, 0.717) is 38.5 Å². The van der Waals surface area contributed by atoms with Gasteiger partial charge in [0.15, 0.2) is 22.0 Å². The SMILES string of the molecule is C=S(C)(=O)c1ncn(-c2nccc([C@@]34CC[C@@H](c5cc(-c6c(F)cccc6F)nnc53)C4(C)C)n2)n1.C=S(C)c1ncn(-c2nc([C@@]34CC[C@@H](c5cc(-c6c(F)cccc6F)nnc53)C4(C)C)cc[n+]2[O-])n1.C=S(C)c1ncn(-c2nccc([C@@]34CC[C@@H](c5cc(-c6c(F)cccc6F)nnc53)C4(C)C)n2)n1.CC1(C)[C@H]2CC[C@]1(c1ccnc(-n3cnc(CCS(=O)(=O)C4CC4)n3)n1)c1nnc(-c3c(F)cccc3F)cc12. The van der Waals surface area contributed by atoms with Gasteiger partial charge in [0, 0.05) is 46.9 Å². The summed E-state index contributed by atoms with van der Waals surface area (Å²) < 4.78 is 159. The Morgan fingerprint density at radius 3 is 1.02 bits per heavy atom. The fourth-order valence-corrected chi connectivity index (χ4v) is 27.9. The van der Waals surface area contributed by atoms with Crippen LogP contribution in [-0.2, 0) is 47.4 Å². The smallest absolute Gasteiger partial charge is 0.424 e. The van der Waals surface area contributed by atoms with Crippen LogP contribution < -0.4 is 4.73 Å². The van der Waals surface area contributed by atoms with Gasteiger partial charge in [-0.3, -0.25) is 4.21 Å². The van der Waals surface area contributed by atoms with Gasteiger partial charge in [-0.2, -0.15) is 39.4 Å². The summed E-state index contributed by atoms with van der Waals surface area (Å²) in [6, 6.07) is 29.6. The summed E-state index contributed by atoms with van der Waals surface area (Å²) in [6.45, 7) is 17.4. The number of nitrogens with zero attached hydrogens (tertiary/aromatic N) is 28. The van der Waals surface area contributed by atoms with Crippen LogP contribution in [0.3, 0.4) is 0 Å². The van der Waals surface area contributed by atoms with Gasteiger partial charge in [-0.05, 0) is 241 Å². The molecule has 32 nitrogen and oxygen atoms in total. The van der Waals surface area contributed by atoms with Gasteiger partial charge in [-0.25, -0.2) is 93.1 Å². The zero-order chi connectivity index (χ0) is 103. The van der Waals surface area contributed by atoms with Gasteiger partial charge in [0.1, 0.15) is 71.2 Å². The lowest BCUT2D eigenvalue weighted by molar-refractivity contribution is -0.603. The quantitative estimate of drug-likeness (QED) is 0.0314. The molecule has 5 fully saturated rings. The molecule has 11 atom stereocenters. The van der Waals surface area contributed by atoms with Crippen LogP contribution in [0.2, 0.25) is 0 Å². The number of sulfone groups is 1. The predicted molar refractivity (Wildman–Crippen MR) is 532 cm³/mol. The van der Waals surface area contributed by atoms with E-state index in [1.807, 2.05) is 30.7 Å². The summed E-state index contributed by atoms with van der Waals surface area (Å²) in [4.78, 5) is 49.6. The van der Waals surface area contributed by atoms with Gasteiger partial charge in [0.2, 0.25) is 15.5 Å². The van der Waals surface area contributed by atoms with Crippen LogP contribution in [0.1, 0.15) is 217 Å². The van der Waals surface area contributed by atoms with Gasteiger partial charge in [0.05, 0.1) is 124 Å². The van der Waals surface area contributed by atoms with Crippen molar-refractivity contribution in [1.29, 1.82) is 0 Å². The third kappa shape index (κ3) is 15.2. The van der Waals surface area contributed by atoms with Crippen LogP contribution in [0.15, 0.2) is 187 Å². The lowest BCUT2D eigenvalue weighted by Crippen LogP contribution is -2.41. The third-order valence-electron chi connectivity index (χ3n) is 32.3. The maximum absolute atomic E-state index is 14.6. The summed E-state index contributed by atoms with van der Waals surface area (Å²) in [5, 5.41) is 66.7. The summed E-state index contributed by atoms with van der Waals surface area (Å²) in [6.07, 6.45) is 26.1. The Kier molecular flexibility index (Phi) is 23.4. The molecular formula is C103H96F8N28O4S4. The van der Waals surface area contributed by atoms with Crippen molar-refractivity contribution in [3.8, 4) is 68.8 Å². The molecule has 0 N–H and O–H groups in total. The minimum absolute atomic E-state index is 0.0233. The highest BCUT2D eigenvalue weighted by atomic mass is 32.2. The zero-order valence-corrected chi connectivity index (χ0v) is 84.7. The van der Waals surface area contributed by atoms with Crippen molar-refractivity contribution >= 4 is 57.9 Å². The average molecular weight is 2070 g/mol. The first-order valence-corrected chi connectivity index (χ1v) is 55.0. The van der Waals surface area contributed by atoms with Crippen molar-refractivity contribution in [2.45, 2.75) is 192 Å². The lowest BCUT2D eigenvalue weighted by Gasteiger charge is -2.37. The van der Waals surface area contributed by atoms with Gasteiger partial charge in [0.25, 0.3) is 17.8 Å². The molecule has 0 aliphatic heterocycles. The van der Waals surface area contributed by atoms with Crippen molar-refractivity contribution in [3.05, 3.63) is 297 Å². The van der Waals surface area contributed by atoms with Crippen molar-refractivity contribution in [2.75, 3.05) is 24.5 Å². The molecule has 16 aromatic rings. The molecule has 0 saturated heterocycles. The number of hydrogen-bond acceptors (Lipinski definition) is 27. The molecule has 9 aliphatic carbocycles. The van der Waals surface area contributed by atoms with Crippen LogP contribution in [0.25, 0.3) is 68.8 Å². The Labute approximate surface area is 843 Å². The van der Waals surface area contributed by atoms with Crippen molar-refractivity contribution in [1.82, 2.24) is 135 Å². The van der Waals surface area contributed by atoms with Crippen molar-refractivity contribution in [2.24, 2.45) is 21.7 Å². The molecule has 25 rings (SSSR count). The summed E-state index contributed by atoms with van der Waals surface area (Å²) in [5.41, 5.74) is 6.47. The van der Waals surface area contributed by atoms with Crippen LogP contribution in [-0.4, -0.2) is 195 Å². The normalized spacial score (nSPS) is 22.9. The molecule has 12 heterocycles. The third-order valence-corrected chi connectivity index (χ3v) is 37.1. The van der Waals surface area contributed by atoms with Gasteiger partial charge < -0.3 is 5.21 Å². The van der Waals surface area contributed by atoms with Gasteiger partial charge >= 0.3 is 5.95 Å². The number of benzene rings is 4. The number of fused-ring (bicyclic) bond motifs is 20. The molecule has 0 spiro atoms. The number of hydrogen-bond donors (Lipinski definition) is 0. The van der Waals surface area contributed by atoms with E-state index in [4.69, 9.17) is 19.9 Å². The first-order chi connectivity index (χ1) is 70.0. The Hall–Kier alpha value is -14.3. The van der Waals surface area contributed by atoms with Gasteiger partial charge in [-0.15, -0.1) is 56.7 Å². The topological polar surface area (TPSA) is 394 Å². The second-order valence-corrected chi connectivity index (χ2v) is 49.2. The minimum Gasteiger partial charge on any atom is -0.740 e. The van der Waals surface area contributed by atoms with E-state index >= 15 is 0 Å². The van der Waals surface area contributed by atoms with Crippen LogP contribution >= 0.6 is 21.0 Å². The highest BCUT2D eigenvalue weighted by Gasteiger charge is 2.70. The van der Waals surface area contributed by atoms with E-state index in [-0.39, 0.29) is 135 Å². The van der Waals surface area contributed by atoms with Gasteiger partial charge in [-0.1, -0.05) is 106 Å². The van der Waals surface area contributed by atoms with E-state index in [1.54, 1.807) is 59.9 Å². The first kappa shape index (κ1) is 97.5. The maximum Gasteiger partial charge on any atom is 0.424 e. The highest BCUT2D eigenvalue weighted by Crippen LogP contribution is 2.74. The molecule has 0 amide bonds. The first-order valence-electron chi connectivity index (χ1n) is 47.6. The molecule has 4 aromatic carbocycles. The minimum atomic E-state index is -3.11. The molecule has 3 unspecified atom stereocenters. The van der Waals surface area contributed by atoms with Crippen molar-refractivity contribution < 1.29 is 52.5 Å². The number of aromatic nitrogens is 28. The Morgan fingerprint density at radius 1 is 0.395 bits per heavy atom. The van der Waals surface area contributed by atoms with E-state index in [2.05, 4.69) is 169 Å². The van der Waals surface area contributed by atoms with E-state index in [1.165, 1.54) is 118 Å². The fraction of sp³-hybridized carbons (Fsp3) is 0.350.